The van der Waals surface area contributed by atoms with Crippen molar-refractivity contribution in [3.8, 4) is 0 Å². The molecule has 6 heteroatoms. The Balaban J connectivity index is 2.58. The summed E-state index contributed by atoms with van der Waals surface area (Å²) in [6, 6.07) is -0.0974. The van der Waals surface area contributed by atoms with Crippen molar-refractivity contribution in [3.05, 3.63) is 0 Å². The van der Waals surface area contributed by atoms with Gasteiger partial charge in [-0.05, 0) is 12.8 Å². The van der Waals surface area contributed by atoms with E-state index >= 15 is 0 Å². The summed E-state index contributed by atoms with van der Waals surface area (Å²) in [5.41, 5.74) is 0. The molecular formula is C13H24N2O3S. The van der Waals surface area contributed by atoms with Gasteiger partial charge in [0.15, 0.2) is 0 Å². The highest BCUT2D eigenvalue weighted by atomic mass is 32.2. The maximum atomic E-state index is 12.2. The summed E-state index contributed by atoms with van der Waals surface area (Å²) in [4.78, 5) is 24.8. The molecule has 2 atom stereocenters. The van der Waals surface area contributed by atoms with E-state index in [9.17, 15) is 9.59 Å². The van der Waals surface area contributed by atoms with Crippen molar-refractivity contribution in [3.63, 3.8) is 0 Å². The van der Waals surface area contributed by atoms with E-state index < -0.39 is 5.97 Å². The molecule has 1 rings (SSSR count). The van der Waals surface area contributed by atoms with E-state index in [-0.39, 0.29) is 24.5 Å². The van der Waals surface area contributed by atoms with Crippen molar-refractivity contribution in [1.82, 2.24) is 10.2 Å². The van der Waals surface area contributed by atoms with Crippen molar-refractivity contribution >= 4 is 23.8 Å². The van der Waals surface area contributed by atoms with Crippen LogP contribution in [0.4, 0.5) is 4.79 Å². The minimum absolute atomic E-state index is 0.0327. The molecule has 1 heterocycles. The normalized spacial score (nSPS) is 20.9. The molecule has 1 fully saturated rings. The number of carboxylic acid groups (broad SMARTS) is 1. The van der Waals surface area contributed by atoms with Crippen LogP contribution in [0, 0.1) is 0 Å². The van der Waals surface area contributed by atoms with Crippen LogP contribution < -0.4 is 5.32 Å². The lowest BCUT2D eigenvalue weighted by molar-refractivity contribution is -0.138. The molecule has 110 valence electrons. The zero-order valence-corrected chi connectivity index (χ0v) is 12.5. The molecule has 5 nitrogen and oxygen atoms in total. The average Bonchev–Trinajstić information content (AvgIpc) is 2.38. The average molecular weight is 288 g/mol. The summed E-state index contributed by atoms with van der Waals surface area (Å²) in [7, 11) is 0. The fourth-order valence-corrected chi connectivity index (χ4v) is 3.34. The van der Waals surface area contributed by atoms with Crippen LogP contribution in [-0.2, 0) is 4.79 Å². The first-order chi connectivity index (χ1) is 9.08. The number of hydrogen-bond donors (Lipinski definition) is 2. The van der Waals surface area contributed by atoms with Gasteiger partial charge >= 0.3 is 12.0 Å². The molecule has 0 aromatic carbocycles. The van der Waals surface area contributed by atoms with Crippen molar-refractivity contribution < 1.29 is 14.7 Å². The van der Waals surface area contributed by atoms with E-state index in [1.165, 1.54) is 0 Å². The Kier molecular flexibility index (Phi) is 7.05. The van der Waals surface area contributed by atoms with Crippen LogP contribution in [0.25, 0.3) is 0 Å². The number of nitrogens with one attached hydrogen (secondary N) is 1. The first-order valence-corrected chi connectivity index (χ1v) is 8.10. The Labute approximate surface area is 119 Å². The van der Waals surface area contributed by atoms with Gasteiger partial charge in [-0.3, -0.25) is 4.79 Å². The minimum Gasteiger partial charge on any atom is -0.481 e. The van der Waals surface area contributed by atoms with E-state index in [0.29, 0.717) is 12.3 Å². The van der Waals surface area contributed by atoms with Crippen LogP contribution in [0.2, 0.25) is 0 Å². The Bertz CT molecular complexity index is 312. The largest absolute Gasteiger partial charge is 0.481 e. The molecule has 0 spiro atoms. The van der Waals surface area contributed by atoms with E-state index in [0.717, 1.165) is 25.0 Å². The van der Waals surface area contributed by atoms with E-state index in [2.05, 4.69) is 19.2 Å². The van der Waals surface area contributed by atoms with E-state index in [1.807, 2.05) is 0 Å². The van der Waals surface area contributed by atoms with Gasteiger partial charge in [-0.1, -0.05) is 20.3 Å². The molecule has 2 amide bonds. The van der Waals surface area contributed by atoms with Crippen molar-refractivity contribution in [2.24, 2.45) is 0 Å². The van der Waals surface area contributed by atoms with Crippen molar-refractivity contribution in [2.45, 2.75) is 51.6 Å². The highest BCUT2D eigenvalue weighted by Gasteiger charge is 2.29. The van der Waals surface area contributed by atoms with Crippen LogP contribution >= 0.6 is 11.8 Å². The Morgan fingerprint density at radius 3 is 2.79 bits per heavy atom. The lowest BCUT2D eigenvalue weighted by Crippen LogP contribution is -2.53. The smallest absolute Gasteiger partial charge is 0.317 e. The number of carbonyl (C=O) groups excluding carboxylic acids is 1. The zero-order chi connectivity index (χ0) is 14.3. The first kappa shape index (κ1) is 16.1. The van der Waals surface area contributed by atoms with Gasteiger partial charge in [0.25, 0.3) is 0 Å². The fraction of sp³-hybridized carbons (Fsp3) is 0.846. The topological polar surface area (TPSA) is 69.6 Å². The van der Waals surface area contributed by atoms with Gasteiger partial charge in [0, 0.05) is 24.1 Å². The van der Waals surface area contributed by atoms with Crippen LogP contribution in [0.3, 0.4) is 0 Å². The summed E-state index contributed by atoms with van der Waals surface area (Å²) >= 11 is 1.72. The number of thioether (sulfide) groups is 1. The number of carbonyl (C=O) groups is 2. The molecular weight excluding hydrogens is 264 g/mol. The van der Waals surface area contributed by atoms with Gasteiger partial charge in [-0.2, -0.15) is 11.8 Å². The number of urea groups is 1. The molecule has 0 aromatic rings. The van der Waals surface area contributed by atoms with Gasteiger partial charge in [0.05, 0.1) is 12.5 Å². The van der Waals surface area contributed by atoms with E-state index in [1.54, 1.807) is 16.7 Å². The second-order valence-electron chi connectivity index (χ2n) is 4.86. The first-order valence-electron chi connectivity index (χ1n) is 6.95. The number of amides is 2. The highest BCUT2D eigenvalue weighted by molar-refractivity contribution is 7.99. The van der Waals surface area contributed by atoms with Crippen molar-refractivity contribution in [2.75, 3.05) is 18.1 Å². The molecule has 2 unspecified atom stereocenters. The summed E-state index contributed by atoms with van der Waals surface area (Å²) in [5.74, 6) is 0.754. The van der Waals surface area contributed by atoms with Crippen LogP contribution in [0.15, 0.2) is 0 Å². The second-order valence-corrected chi connectivity index (χ2v) is 6.01. The Morgan fingerprint density at radius 1 is 1.47 bits per heavy atom. The lowest BCUT2D eigenvalue weighted by Gasteiger charge is -2.35. The summed E-state index contributed by atoms with van der Waals surface area (Å²) in [6.45, 7) is 4.79. The summed E-state index contributed by atoms with van der Waals surface area (Å²) < 4.78 is 0. The molecule has 1 saturated heterocycles. The predicted molar refractivity (Wildman–Crippen MR) is 77.6 cm³/mol. The molecule has 1 aliphatic rings. The Morgan fingerprint density at radius 2 is 2.21 bits per heavy atom. The molecule has 0 saturated carbocycles. The molecule has 1 aliphatic heterocycles. The quantitative estimate of drug-likeness (QED) is 0.786. The van der Waals surface area contributed by atoms with Gasteiger partial charge in [0.2, 0.25) is 0 Å². The van der Waals surface area contributed by atoms with Gasteiger partial charge in [-0.15, -0.1) is 0 Å². The maximum absolute atomic E-state index is 12.2. The number of nitrogens with zero attached hydrogens (tertiary/aromatic N) is 1. The second kappa shape index (κ2) is 8.30. The monoisotopic (exact) mass is 288 g/mol. The molecule has 2 N–H and O–H groups in total. The number of hydrogen-bond acceptors (Lipinski definition) is 3. The van der Waals surface area contributed by atoms with Gasteiger partial charge < -0.3 is 15.3 Å². The predicted octanol–water partition coefficient (Wildman–Crippen LogP) is 2.17. The molecule has 0 bridgehead atoms. The van der Waals surface area contributed by atoms with Gasteiger partial charge in [0.1, 0.15) is 0 Å². The molecule has 0 aliphatic carbocycles. The zero-order valence-electron chi connectivity index (χ0n) is 11.7. The maximum Gasteiger partial charge on any atom is 0.317 e. The third-order valence-corrected chi connectivity index (χ3v) is 4.45. The number of carboxylic acids is 1. The van der Waals surface area contributed by atoms with Gasteiger partial charge in [-0.25, -0.2) is 4.79 Å². The van der Waals surface area contributed by atoms with Crippen molar-refractivity contribution in [1.29, 1.82) is 0 Å². The molecule has 19 heavy (non-hydrogen) atoms. The van der Waals surface area contributed by atoms with Crippen LogP contribution in [0.5, 0.6) is 0 Å². The molecule has 0 radical (unpaired) electrons. The number of rotatable bonds is 6. The Hall–Kier alpha value is -0.910. The summed E-state index contributed by atoms with van der Waals surface area (Å²) in [6.07, 6.45) is 2.94. The van der Waals surface area contributed by atoms with Crippen LogP contribution in [0.1, 0.15) is 39.5 Å². The SMILES string of the molecule is CCCC(CC)NC(=O)N1CCSCC1CC(=O)O. The fourth-order valence-electron chi connectivity index (χ4n) is 2.28. The van der Waals surface area contributed by atoms with E-state index in [4.69, 9.17) is 5.11 Å². The summed E-state index contributed by atoms with van der Waals surface area (Å²) in [5, 5.41) is 11.9. The standard InChI is InChI=1S/C13H24N2O3S/c1-3-5-10(4-2)14-13(18)15-6-7-19-9-11(15)8-12(16)17/h10-11H,3-9H2,1-2H3,(H,14,18)(H,16,17). The highest BCUT2D eigenvalue weighted by Crippen LogP contribution is 2.19. The minimum atomic E-state index is -0.842. The number of aliphatic carboxylic acids is 1. The lowest BCUT2D eigenvalue weighted by atomic mass is 10.1. The molecule has 0 aromatic heterocycles. The van der Waals surface area contributed by atoms with Crippen LogP contribution in [-0.4, -0.2) is 52.1 Å². The third kappa shape index (κ3) is 5.30. The third-order valence-electron chi connectivity index (χ3n) is 3.36.